The van der Waals surface area contributed by atoms with E-state index in [2.05, 4.69) is 10.3 Å². The molecule has 1 aromatic heterocycles. The Hall–Kier alpha value is -2.56. The molecule has 0 fully saturated rings. The van der Waals surface area contributed by atoms with Crippen molar-refractivity contribution in [3.8, 4) is 11.8 Å². The molecule has 1 amide bonds. The molecule has 0 saturated carbocycles. The van der Waals surface area contributed by atoms with E-state index >= 15 is 0 Å². The molecule has 0 atom stereocenters. The summed E-state index contributed by atoms with van der Waals surface area (Å²) in [5.74, 6) is 0.996. The van der Waals surface area contributed by atoms with E-state index in [-0.39, 0.29) is 11.7 Å². The number of carbonyl (C=O) groups excluding carboxylic acids is 1. The van der Waals surface area contributed by atoms with Gasteiger partial charge < -0.3 is 10.1 Å². The maximum atomic E-state index is 12.1. The highest BCUT2D eigenvalue weighted by Crippen LogP contribution is 2.31. The molecule has 0 unspecified atom stereocenters. The van der Waals surface area contributed by atoms with Crippen LogP contribution < -0.4 is 10.1 Å². The first-order valence-corrected chi connectivity index (χ1v) is 9.44. The van der Waals surface area contributed by atoms with Gasteiger partial charge in [-0.3, -0.25) is 4.79 Å². The van der Waals surface area contributed by atoms with E-state index in [4.69, 9.17) is 10.00 Å². The smallest absolute Gasteiger partial charge is 0.234 e. The SMILES string of the molecule is CCOc1ccc2nc(SCC(=O)Nc3ccc(C#N)cc3)sc2c1. The standard InChI is InChI=1S/C18H15N3O2S2/c1-2-23-14-7-8-15-16(9-14)25-18(21-15)24-11-17(22)20-13-5-3-12(10-19)4-6-13/h3-9H,2,11H2,1H3,(H,20,22). The third kappa shape index (κ3) is 4.50. The third-order valence-electron chi connectivity index (χ3n) is 3.28. The number of carbonyl (C=O) groups is 1. The molecule has 1 N–H and O–H groups in total. The molecule has 3 aromatic rings. The lowest BCUT2D eigenvalue weighted by molar-refractivity contribution is -0.113. The number of benzene rings is 2. The number of aromatic nitrogens is 1. The molecule has 1 heterocycles. The maximum absolute atomic E-state index is 12.1. The van der Waals surface area contributed by atoms with Crippen LogP contribution in [-0.4, -0.2) is 23.3 Å². The normalized spacial score (nSPS) is 10.4. The Balaban J connectivity index is 1.59. The predicted molar refractivity (Wildman–Crippen MR) is 101 cm³/mol. The number of hydrogen-bond acceptors (Lipinski definition) is 6. The van der Waals surface area contributed by atoms with Gasteiger partial charge in [0.2, 0.25) is 5.91 Å². The summed E-state index contributed by atoms with van der Waals surface area (Å²) in [6.45, 7) is 2.58. The van der Waals surface area contributed by atoms with Crippen molar-refractivity contribution in [1.82, 2.24) is 4.98 Å². The maximum Gasteiger partial charge on any atom is 0.234 e. The molecule has 2 aromatic carbocycles. The number of ether oxygens (including phenoxy) is 1. The molecule has 126 valence electrons. The van der Waals surface area contributed by atoms with E-state index < -0.39 is 0 Å². The van der Waals surface area contributed by atoms with E-state index in [1.54, 1.807) is 35.6 Å². The van der Waals surface area contributed by atoms with Crippen LogP contribution in [-0.2, 0) is 4.79 Å². The number of nitrogens with one attached hydrogen (secondary N) is 1. The predicted octanol–water partition coefficient (Wildman–Crippen LogP) is 4.30. The van der Waals surface area contributed by atoms with Gasteiger partial charge in [0.15, 0.2) is 4.34 Å². The number of hydrogen-bond donors (Lipinski definition) is 1. The van der Waals surface area contributed by atoms with E-state index in [1.165, 1.54) is 11.8 Å². The first-order chi connectivity index (χ1) is 12.2. The summed E-state index contributed by atoms with van der Waals surface area (Å²) in [5, 5.41) is 11.6. The van der Waals surface area contributed by atoms with Crippen LogP contribution in [0.1, 0.15) is 12.5 Å². The monoisotopic (exact) mass is 369 g/mol. The van der Waals surface area contributed by atoms with Crippen LogP contribution >= 0.6 is 23.1 Å². The topological polar surface area (TPSA) is 75.0 Å². The van der Waals surface area contributed by atoms with E-state index in [1.807, 2.05) is 31.2 Å². The number of thiazole rings is 1. The van der Waals surface area contributed by atoms with Crippen molar-refractivity contribution in [2.75, 3.05) is 17.7 Å². The number of amides is 1. The van der Waals surface area contributed by atoms with Crippen molar-refractivity contribution in [2.24, 2.45) is 0 Å². The molecule has 0 spiro atoms. The van der Waals surface area contributed by atoms with Gasteiger partial charge >= 0.3 is 0 Å². The molecule has 0 radical (unpaired) electrons. The minimum atomic E-state index is -0.107. The molecular weight excluding hydrogens is 354 g/mol. The summed E-state index contributed by atoms with van der Waals surface area (Å²) in [6, 6.07) is 14.6. The lowest BCUT2D eigenvalue weighted by atomic mass is 10.2. The summed E-state index contributed by atoms with van der Waals surface area (Å²) in [7, 11) is 0. The second kappa shape index (κ2) is 8.01. The summed E-state index contributed by atoms with van der Waals surface area (Å²) in [4.78, 5) is 16.6. The highest BCUT2D eigenvalue weighted by atomic mass is 32.2. The highest BCUT2D eigenvalue weighted by molar-refractivity contribution is 8.01. The van der Waals surface area contributed by atoms with Gasteiger partial charge in [0.25, 0.3) is 0 Å². The Morgan fingerprint density at radius 1 is 1.32 bits per heavy atom. The van der Waals surface area contributed by atoms with Crippen molar-refractivity contribution in [3.63, 3.8) is 0 Å². The van der Waals surface area contributed by atoms with Crippen molar-refractivity contribution in [2.45, 2.75) is 11.3 Å². The van der Waals surface area contributed by atoms with Gasteiger partial charge in [-0.2, -0.15) is 5.26 Å². The minimum Gasteiger partial charge on any atom is -0.494 e. The van der Waals surface area contributed by atoms with Crippen LogP contribution in [0.25, 0.3) is 10.2 Å². The van der Waals surface area contributed by atoms with Crippen LogP contribution in [0.2, 0.25) is 0 Å². The number of nitriles is 1. The summed E-state index contributed by atoms with van der Waals surface area (Å²) < 4.78 is 7.38. The molecule has 3 rings (SSSR count). The molecule has 0 bridgehead atoms. The fourth-order valence-corrected chi connectivity index (χ4v) is 4.05. The number of thioether (sulfide) groups is 1. The Morgan fingerprint density at radius 2 is 2.12 bits per heavy atom. The van der Waals surface area contributed by atoms with Crippen LogP contribution in [0.5, 0.6) is 5.75 Å². The van der Waals surface area contributed by atoms with E-state index in [0.29, 0.717) is 17.9 Å². The average molecular weight is 369 g/mol. The number of nitrogens with zero attached hydrogens (tertiary/aromatic N) is 2. The molecule has 0 aliphatic carbocycles. The number of rotatable bonds is 6. The Bertz CT molecular complexity index is 930. The van der Waals surface area contributed by atoms with Crippen LogP contribution in [0.4, 0.5) is 5.69 Å². The lowest BCUT2D eigenvalue weighted by Gasteiger charge is -2.03. The molecule has 25 heavy (non-hydrogen) atoms. The lowest BCUT2D eigenvalue weighted by Crippen LogP contribution is -2.13. The van der Waals surface area contributed by atoms with Gasteiger partial charge in [-0.1, -0.05) is 11.8 Å². The molecule has 0 aliphatic heterocycles. The number of anilines is 1. The van der Waals surface area contributed by atoms with Crippen LogP contribution in [0, 0.1) is 11.3 Å². The van der Waals surface area contributed by atoms with Crippen LogP contribution in [0.15, 0.2) is 46.8 Å². The van der Waals surface area contributed by atoms with Gasteiger partial charge in [0, 0.05) is 5.69 Å². The van der Waals surface area contributed by atoms with E-state index in [0.717, 1.165) is 20.3 Å². The van der Waals surface area contributed by atoms with Gasteiger partial charge in [0.1, 0.15) is 5.75 Å². The summed E-state index contributed by atoms with van der Waals surface area (Å²) in [5.41, 5.74) is 2.15. The van der Waals surface area contributed by atoms with E-state index in [9.17, 15) is 4.79 Å². The summed E-state index contributed by atoms with van der Waals surface area (Å²) >= 11 is 2.95. The summed E-state index contributed by atoms with van der Waals surface area (Å²) in [6.07, 6.45) is 0. The molecule has 5 nitrogen and oxygen atoms in total. The Labute approximate surface area is 153 Å². The van der Waals surface area contributed by atoms with Gasteiger partial charge in [-0.05, 0) is 49.4 Å². The fraction of sp³-hybridized carbons (Fsp3) is 0.167. The third-order valence-corrected chi connectivity index (χ3v) is 5.44. The van der Waals surface area contributed by atoms with Crippen molar-refractivity contribution in [1.29, 1.82) is 5.26 Å². The first kappa shape index (κ1) is 17.3. The van der Waals surface area contributed by atoms with Crippen molar-refractivity contribution in [3.05, 3.63) is 48.0 Å². The largest absolute Gasteiger partial charge is 0.494 e. The molecular formula is C18H15N3O2S2. The average Bonchev–Trinajstić information content (AvgIpc) is 3.03. The minimum absolute atomic E-state index is 0.107. The highest BCUT2D eigenvalue weighted by Gasteiger charge is 2.09. The van der Waals surface area contributed by atoms with Crippen molar-refractivity contribution >= 4 is 44.9 Å². The first-order valence-electron chi connectivity index (χ1n) is 7.64. The zero-order valence-electron chi connectivity index (χ0n) is 13.5. The fourth-order valence-electron chi connectivity index (χ4n) is 2.15. The molecule has 0 saturated heterocycles. The quantitative estimate of drug-likeness (QED) is 0.656. The van der Waals surface area contributed by atoms with Gasteiger partial charge in [-0.15, -0.1) is 11.3 Å². The number of fused-ring (bicyclic) bond motifs is 1. The zero-order valence-corrected chi connectivity index (χ0v) is 15.1. The molecule has 7 heteroatoms. The Morgan fingerprint density at radius 3 is 2.84 bits per heavy atom. The van der Waals surface area contributed by atoms with Crippen LogP contribution in [0.3, 0.4) is 0 Å². The second-order valence-electron chi connectivity index (χ2n) is 5.07. The van der Waals surface area contributed by atoms with Gasteiger partial charge in [0.05, 0.1) is 34.2 Å². The second-order valence-corrected chi connectivity index (χ2v) is 7.32. The Kier molecular flexibility index (Phi) is 5.53. The molecule has 0 aliphatic rings. The zero-order chi connectivity index (χ0) is 17.6. The van der Waals surface area contributed by atoms with Crippen molar-refractivity contribution < 1.29 is 9.53 Å². The van der Waals surface area contributed by atoms with Gasteiger partial charge in [-0.25, -0.2) is 4.98 Å².